The molecule has 5 heteroatoms. The van der Waals surface area contributed by atoms with Crippen LogP contribution in [0.4, 0.5) is 0 Å². The highest BCUT2D eigenvalue weighted by Crippen LogP contribution is 2.23. The van der Waals surface area contributed by atoms with E-state index >= 15 is 0 Å². The fourth-order valence-corrected chi connectivity index (χ4v) is 2.20. The summed E-state index contributed by atoms with van der Waals surface area (Å²) in [6.07, 6.45) is 4.44. The molecule has 0 bridgehead atoms. The molecule has 0 aromatic carbocycles. The Kier molecular flexibility index (Phi) is 9.59. The summed E-state index contributed by atoms with van der Waals surface area (Å²) in [7, 11) is 4.23. The van der Waals surface area contributed by atoms with Gasteiger partial charge in [0.05, 0.1) is 0 Å². The molecular weight excluding hydrogens is 252 g/mol. The Morgan fingerprint density at radius 3 is 2.20 bits per heavy atom. The van der Waals surface area contributed by atoms with Crippen LogP contribution in [0.15, 0.2) is 5.16 Å². The van der Waals surface area contributed by atoms with Crippen molar-refractivity contribution in [1.82, 2.24) is 9.80 Å². The number of amidine groups is 1. The number of unbranched alkanes of at least 4 members (excludes halogenated alkanes) is 1. The van der Waals surface area contributed by atoms with Gasteiger partial charge in [0.1, 0.15) is 5.84 Å². The van der Waals surface area contributed by atoms with E-state index in [1.165, 1.54) is 6.42 Å². The van der Waals surface area contributed by atoms with Crippen LogP contribution in [0, 0.1) is 5.41 Å². The third kappa shape index (κ3) is 8.38. The SMILES string of the molecule is CCN(CCCCC(C)(C)C(N)=NO)CCCN(C)C. The Morgan fingerprint density at radius 2 is 1.70 bits per heavy atom. The molecule has 0 fully saturated rings. The van der Waals surface area contributed by atoms with Gasteiger partial charge in [-0.1, -0.05) is 32.3 Å². The topological polar surface area (TPSA) is 65.1 Å². The van der Waals surface area contributed by atoms with E-state index in [2.05, 4.69) is 36.0 Å². The van der Waals surface area contributed by atoms with E-state index in [9.17, 15) is 0 Å². The second kappa shape index (κ2) is 10.00. The highest BCUT2D eigenvalue weighted by Gasteiger charge is 2.22. The van der Waals surface area contributed by atoms with Crippen molar-refractivity contribution in [2.75, 3.05) is 40.3 Å². The van der Waals surface area contributed by atoms with Crippen LogP contribution in [0.1, 0.15) is 46.5 Å². The lowest BCUT2D eigenvalue weighted by Gasteiger charge is -2.24. The van der Waals surface area contributed by atoms with Gasteiger partial charge in [-0.15, -0.1) is 0 Å². The summed E-state index contributed by atoms with van der Waals surface area (Å²) in [5.74, 6) is 0.329. The van der Waals surface area contributed by atoms with Crippen molar-refractivity contribution in [3.63, 3.8) is 0 Å². The van der Waals surface area contributed by atoms with Crippen molar-refractivity contribution in [3.05, 3.63) is 0 Å². The first kappa shape index (κ1) is 19.2. The minimum absolute atomic E-state index is 0.212. The normalized spacial score (nSPS) is 13.4. The molecule has 0 aliphatic carbocycles. The molecule has 0 aromatic rings. The Hall–Kier alpha value is -0.810. The van der Waals surface area contributed by atoms with E-state index in [4.69, 9.17) is 10.9 Å². The average molecular weight is 286 g/mol. The quantitative estimate of drug-likeness (QED) is 0.201. The zero-order valence-electron chi connectivity index (χ0n) is 14.0. The van der Waals surface area contributed by atoms with Crippen LogP contribution in [-0.2, 0) is 0 Å². The van der Waals surface area contributed by atoms with Gasteiger partial charge in [0, 0.05) is 5.41 Å². The van der Waals surface area contributed by atoms with Crippen molar-refractivity contribution >= 4 is 5.84 Å². The Labute approximate surface area is 124 Å². The van der Waals surface area contributed by atoms with Gasteiger partial charge in [-0.25, -0.2) is 0 Å². The molecule has 3 N–H and O–H groups in total. The molecule has 0 heterocycles. The Bertz CT molecular complexity index is 277. The van der Waals surface area contributed by atoms with E-state index in [1.54, 1.807) is 0 Å². The molecule has 5 nitrogen and oxygen atoms in total. The van der Waals surface area contributed by atoms with Gasteiger partial charge in [0.25, 0.3) is 0 Å². The van der Waals surface area contributed by atoms with Crippen LogP contribution in [0.2, 0.25) is 0 Å². The molecule has 0 saturated carbocycles. The number of hydrogen-bond donors (Lipinski definition) is 2. The maximum absolute atomic E-state index is 8.75. The summed E-state index contributed by atoms with van der Waals surface area (Å²) in [6, 6.07) is 0. The molecule has 0 unspecified atom stereocenters. The van der Waals surface area contributed by atoms with E-state index in [0.29, 0.717) is 5.84 Å². The van der Waals surface area contributed by atoms with Crippen molar-refractivity contribution in [1.29, 1.82) is 0 Å². The van der Waals surface area contributed by atoms with Crippen molar-refractivity contribution < 1.29 is 5.21 Å². The first-order valence-electron chi connectivity index (χ1n) is 7.68. The molecular formula is C15H34N4O. The Morgan fingerprint density at radius 1 is 1.10 bits per heavy atom. The zero-order valence-corrected chi connectivity index (χ0v) is 14.0. The third-order valence-corrected chi connectivity index (χ3v) is 3.85. The van der Waals surface area contributed by atoms with Gasteiger partial charge >= 0.3 is 0 Å². The van der Waals surface area contributed by atoms with Crippen LogP contribution in [0.3, 0.4) is 0 Å². The maximum atomic E-state index is 8.75. The van der Waals surface area contributed by atoms with Gasteiger partial charge < -0.3 is 20.7 Å². The molecule has 0 saturated heterocycles. The third-order valence-electron chi connectivity index (χ3n) is 3.85. The number of nitrogens with zero attached hydrogens (tertiary/aromatic N) is 3. The van der Waals surface area contributed by atoms with Crippen molar-refractivity contribution in [2.45, 2.75) is 46.5 Å². The summed E-state index contributed by atoms with van der Waals surface area (Å²) < 4.78 is 0. The molecule has 0 amide bonds. The molecule has 20 heavy (non-hydrogen) atoms. The standard InChI is InChI=1S/C15H34N4O/c1-6-19(13-9-11-18(4)5)12-8-7-10-15(2,3)14(16)17-20/h20H,6-13H2,1-5H3,(H2,16,17). The van der Waals surface area contributed by atoms with E-state index in [1.807, 2.05) is 13.8 Å². The molecule has 0 radical (unpaired) electrons. The number of nitrogens with two attached hydrogens (primary N) is 1. The largest absolute Gasteiger partial charge is 0.409 e. The molecule has 120 valence electrons. The van der Waals surface area contributed by atoms with Crippen LogP contribution < -0.4 is 5.73 Å². The zero-order chi connectivity index (χ0) is 15.6. The van der Waals surface area contributed by atoms with Crippen molar-refractivity contribution in [3.8, 4) is 0 Å². The first-order valence-corrected chi connectivity index (χ1v) is 7.68. The molecule has 0 aliphatic heterocycles. The molecule has 0 aliphatic rings. The molecule has 0 spiro atoms. The predicted octanol–water partition coefficient (Wildman–Crippen LogP) is 2.20. The summed E-state index contributed by atoms with van der Waals surface area (Å²) in [5, 5.41) is 11.9. The Balaban J connectivity index is 3.85. The highest BCUT2D eigenvalue weighted by molar-refractivity contribution is 5.85. The van der Waals surface area contributed by atoms with Gasteiger partial charge in [-0.05, 0) is 59.5 Å². The fraction of sp³-hybridized carbons (Fsp3) is 0.933. The van der Waals surface area contributed by atoms with Gasteiger partial charge in [-0.2, -0.15) is 0 Å². The van der Waals surface area contributed by atoms with E-state index in [0.717, 1.165) is 45.4 Å². The van der Waals surface area contributed by atoms with Gasteiger partial charge in [0.15, 0.2) is 0 Å². The van der Waals surface area contributed by atoms with E-state index < -0.39 is 0 Å². The minimum Gasteiger partial charge on any atom is -0.409 e. The van der Waals surface area contributed by atoms with Gasteiger partial charge in [-0.3, -0.25) is 0 Å². The maximum Gasteiger partial charge on any atom is 0.144 e. The molecule has 0 atom stereocenters. The molecule has 0 rings (SSSR count). The number of hydrogen-bond acceptors (Lipinski definition) is 4. The number of rotatable bonds is 11. The second-order valence-corrected chi connectivity index (χ2v) is 6.42. The van der Waals surface area contributed by atoms with Gasteiger partial charge in [0.2, 0.25) is 0 Å². The summed E-state index contributed by atoms with van der Waals surface area (Å²) in [6.45, 7) is 10.8. The summed E-state index contributed by atoms with van der Waals surface area (Å²) >= 11 is 0. The summed E-state index contributed by atoms with van der Waals surface area (Å²) in [5.41, 5.74) is 5.49. The predicted molar refractivity (Wildman–Crippen MR) is 86.3 cm³/mol. The van der Waals surface area contributed by atoms with Crippen LogP contribution in [0.5, 0.6) is 0 Å². The lowest BCUT2D eigenvalue weighted by atomic mass is 9.86. The first-order chi connectivity index (χ1) is 9.33. The number of oxime groups is 1. The fourth-order valence-electron chi connectivity index (χ4n) is 2.20. The smallest absolute Gasteiger partial charge is 0.144 e. The van der Waals surface area contributed by atoms with Crippen LogP contribution >= 0.6 is 0 Å². The summed E-state index contributed by atoms with van der Waals surface area (Å²) in [4.78, 5) is 4.73. The van der Waals surface area contributed by atoms with Crippen molar-refractivity contribution in [2.24, 2.45) is 16.3 Å². The van der Waals surface area contributed by atoms with E-state index in [-0.39, 0.29) is 5.41 Å². The second-order valence-electron chi connectivity index (χ2n) is 6.42. The lowest BCUT2D eigenvalue weighted by Crippen LogP contribution is -2.32. The van der Waals surface area contributed by atoms with Crippen LogP contribution in [-0.4, -0.2) is 61.1 Å². The average Bonchev–Trinajstić information content (AvgIpc) is 2.39. The minimum atomic E-state index is -0.212. The highest BCUT2D eigenvalue weighted by atomic mass is 16.4. The monoisotopic (exact) mass is 286 g/mol. The molecule has 0 aromatic heterocycles. The van der Waals surface area contributed by atoms with Crippen LogP contribution in [0.25, 0.3) is 0 Å². The lowest BCUT2D eigenvalue weighted by molar-refractivity contribution is 0.256.